The van der Waals surface area contributed by atoms with E-state index in [1.165, 1.54) is 7.11 Å². The van der Waals surface area contributed by atoms with E-state index < -0.39 is 0 Å². The van der Waals surface area contributed by atoms with Crippen molar-refractivity contribution >= 4 is 18.3 Å². The minimum absolute atomic E-state index is 0.435. The lowest BCUT2D eigenvalue weighted by Gasteiger charge is -2.05. The van der Waals surface area contributed by atoms with Gasteiger partial charge in [-0.1, -0.05) is 6.58 Å². The first-order valence-corrected chi connectivity index (χ1v) is 3.35. The van der Waals surface area contributed by atoms with Gasteiger partial charge in [0.05, 0.1) is 7.11 Å². The normalized spacial score (nSPS) is 12.6. The Morgan fingerprint density at radius 1 is 1.25 bits per heavy atom. The molecule has 0 saturated heterocycles. The van der Waals surface area contributed by atoms with Crippen LogP contribution in [0.15, 0.2) is 27.3 Å². The molecular weight excluding hydrogens is 154 g/mol. The van der Waals surface area contributed by atoms with Crippen LogP contribution in [0.1, 0.15) is 0 Å². The summed E-state index contributed by atoms with van der Waals surface area (Å²) in [6, 6.07) is 0. The monoisotopic (exact) mass is 167 g/mol. The molecule has 0 fully saturated rings. The second-order valence-corrected chi connectivity index (χ2v) is 1.90. The van der Waals surface area contributed by atoms with Crippen LogP contribution in [0.5, 0.6) is 0 Å². The van der Waals surface area contributed by atoms with E-state index >= 15 is 0 Å². The van der Waals surface area contributed by atoms with Crippen LogP contribution >= 0.6 is 0 Å². The van der Waals surface area contributed by atoms with Crippen LogP contribution in [0, 0.1) is 0 Å². The zero-order valence-corrected chi connectivity index (χ0v) is 7.66. The number of amidine groups is 1. The van der Waals surface area contributed by atoms with Crippen molar-refractivity contribution in [3.05, 3.63) is 12.3 Å². The Labute approximate surface area is 72.4 Å². The van der Waals surface area contributed by atoms with Crippen molar-refractivity contribution in [3.8, 4) is 0 Å². The molecule has 12 heavy (non-hydrogen) atoms. The first kappa shape index (κ1) is 10.6. The molecule has 0 N–H and O–H groups in total. The lowest BCUT2D eigenvalue weighted by molar-refractivity contribution is 0.317. The van der Waals surface area contributed by atoms with Crippen LogP contribution in [-0.2, 0) is 4.74 Å². The standard InChI is InChI=1S/C8H13N3O/c1-6(12-5)7(9-2)8(10-3)11-4/h1,3H2,2,4-5H3. The summed E-state index contributed by atoms with van der Waals surface area (Å²) in [5.41, 5.74) is 0.523. The number of methoxy groups -OCH3 is 1. The summed E-state index contributed by atoms with van der Waals surface area (Å²) >= 11 is 0. The Morgan fingerprint density at radius 3 is 2.08 bits per heavy atom. The Bertz CT molecular complexity index is 241. The van der Waals surface area contributed by atoms with E-state index in [1.54, 1.807) is 14.1 Å². The number of hydrogen-bond acceptors (Lipinski definition) is 3. The van der Waals surface area contributed by atoms with E-state index in [4.69, 9.17) is 4.74 Å². The lowest BCUT2D eigenvalue weighted by atomic mass is 10.3. The zero-order chi connectivity index (χ0) is 9.56. The maximum Gasteiger partial charge on any atom is 0.176 e. The largest absolute Gasteiger partial charge is 0.495 e. The molecule has 66 valence electrons. The summed E-state index contributed by atoms with van der Waals surface area (Å²) in [7, 11) is 4.75. The average Bonchev–Trinajstić information content (AvgIpc) is 2.12. The molecule has 0 amide bonds. The van der Waals surface area contributed by atoms with Gasteiger partial charge in [-0.2, -0.15) is 0 Å². The van der Waals surface area contributed by atoms with Crippen LogP contribution in [0.2, 0.25) is 0 Å². The van der Waals surface area contributed by atoms with Crippen molar-refractivity contribution in [3.63, 3.8) is 0 Å². The summed E-state index contributed by atoms with van der Waals surface area (Å²) in [5, 5.41) is 0. The molecule has 0 radical (unpaired) electrons. The van der Waals surface area contributed by atoms with Gasteiger partial charge in [-0.25, -0.2) is 4.99 Å². The third kappa shape index (κ3) is 2.30. The van der Waals surface area contributed by atoms with Crippen molar-refractivity contribution < 1.29 is 4.74 Å². The quantitative estimate of drug-likeness (QED) is 0.350. The van der Waals surface area contributed by atoms with Gasteiger partial charge < -0.3 is 4.74 Å². The molecule has 0 rings (SSSR count). The van der Waals surface area contributed by atoms with E-state index in [1.807, 2.05) is 0 Å². The Morgan fingerprint density at radius 2 is 1.83 bits per heavy atom. The molecule has 0 aliphatic carbocycles. The molecule has 4 nitrogen and oxygen atoms in total. The molecule has 0 aromatic heterocycles. The molecule has 0 atom stereocenters. The molecule has 0 heterocycles. The van der Waals surface area contributed by atoms with Crippen LogP contribution in [-0.4, -0.2) is 39.5 Å². The third-order valence-corrected chi connectivity index (χ3v) is 1.31. The van der Waals surface area contributed by atoms with Gasteiger partial charge in [0.1, 0.15) is 11.5 Å². The Balaban J connectivity index is 4.80. The second kappa shape index (κ2) is 5.23. The van der Waals surface area contributed by atoms with Gasteiger partial charge in [0.15, 0.2) is 5.84 Å². The predicted octanol–water partition coefficient (Wildman–Crippen LogP) is 0.946. The highest BCUT2D eigenvalue weighted by Crippen LogP contribution is 1.99. The van der Waals surface area contributed by atoms with E-state index in [-0.39, 0.29) is 0 Å². The number of rotatable bonds is 3. The fraction of sp³-hybridized carbons (Fsp3) is 0.375. The van der Waals surface area contributed by atoms with Gasteiger partial charge in [0.2, 0.25) is 0 Å². The van der Waals surface area contributed by atoms with Crippen molar-refractivity contribution in [1.82, 2.24) is 0 Å². The highest BCUT2D eigenvalue weighted by Gasteiger charge is 2.09. The van der Waals surface area contributed by atoms with Crippen LogP contribution in [0.3, 0.4) is 0 Å². The minimum atomic E-state index is 0.435. The number of aliphatic imine (C=N–C) groups is 3. The highest BCUT2D eigenvalue weighted by molar-refractivity contribution is 6.47. The molecule has 4 heteroatoms. The number of hydrogen-bond donors (Lipinski definition) is 0. The molecule has 0 aromatic rings. The minimum Gasteiger partial charge on any atom is -0.495 e. The average molecular weight is 167 g/mol. The molecular formula is C8H13N3O. The van der Waals surface area contributed by atoms with E-state index in [2.05, 4.69) is 28.3 Å². The van der Waals surface area contributed by atoms with Crippen molar-refractivity contribution in [2.24, 2.45) is 15.0 Å². The van der Waals surface area contributed by atoms with Gasteiger partial charge in [-0.05, 0) is 6.72 Å². The molecule has 0 spiro atoms. The van der Waals surface area contributed by atoms with Gasteiger partial charge in [0.25, 0.3) is 0 Å². The van der Waals surface area contributed by atoms with Gasteiger partial charge in [0, 0.05) is 14.1 Å². The fourth-order valence-electron chi connectivity index (χ4n) is 0.698. The van der Waals surface area contributed by atoms with Crippen molar-refractivity contribution in [2.75, 3.05) is 21.2 Å². The van der Waals surface area contributed by atoms with Crippen LogP contribution < -0.4 is 0 Å². The fourth-order valence-corrected chi connectivity index (χ4v) is 0.698. The molecule has 0 unspecified atom stereocenters. The van der Waals surface area contributed by atoms with Crippen LogP contribution in [0.4, 0.5) is 0 Å². The second-order valence-electron chi connectivity index (χ2n) is 1.90. The topological polar surface area (TPSA) is 46.3 Å². The number of ether oxygens (including phenoxy) is 1. The maximum atomic E-state index is 4.89. The number of nitrogens with zero attached hydrogens (tertiary/aromatic N) is 3. The van der Waals surface area contributed by atoms with E-state index in [9.17, 15) is 0 Å². The van der Waals surface area contributed by atoms with E-state index in [0.717, 1.165) is 0 Å². The summed E-state index contributed by atoms with van der Waals surface area (Å²) in [4.78, 5) is 11.5. The zero-order valence-electron chi connectivity index (χ0n) is 7.66. The van der Waals surface area contributed by atoms with Crippen molar-refractivity contribution in [1.29, 1.82) is 0 Å². The molecule has 0 aliphatic heterocycles. The first-order valence-electron chi connectivity index (χ1n) is 3.35. The molecule has 0 aromatic carbocycles. The lowest BCUT2D eigenvalue weighted by Crippen LogP contribution is -2.15. The van der Waals surface area contributed by atoms with Gasteiger partial charge >= 0.3 is 0 Å². The molecule has 0 bridgehead atoms. The van der Waals surface area contributed by atoms with Crippen molar-refractivity contribution in [2.45, 2.75) is 0 Å². The summed E-state index contributed by atoms with van der Waals surface area (Å²) < 4.78 is 4.89. The van der Waals surface area contributed by atoms with Gasteiger partial charge in [-0.3, -0.25) is 9.98 Å². The Hall–Kier alpha value is -1.45. The SMILES string of the molecule is C=NC(=NC)C(=NC)C(=C)OC. The molecule has 0 saturated carbocycles. The third-order valence-electron chi connectivity index (χ3n) is 1.31. The summed E-state index contributed by atoms with van der Waals surface area (Å²) in [5.74, 6) is 0.870. The highest BCUT2D eigenvalue weighted by atomic mass is 16.5. The smallest absolute Gasteiger partial charge is 0.176 e. The van der Waals surface area contributed by atoms with Gasteiger partial charge in [-0.15, -0.1) is 0 Å². The molecule has 0 aliphatic rings. The summed E-state index contributed by atoms with van der Waals surface area (Å²) in [6.45, 7) is 7.00. The first-order chi connectivity index (χ1) is 5.71. The predicted molar refractivity (Wildman–Crippen MR) is 52.4 cm³/mol. The Kier molecular flexibility index (Phi) is 4.60. The summed E-state index contributed by atoms with van der Waals surface area (Å²) in [6.07, 6.45) is 0. The van der Waals surface area contributed by atoms with Crippen LogP contribution in [0.25, 0.3) is 0 Å². The van der Waals surface area contributed by atoms with E-state index in [0.29, 0.717) is 17.3 Å². The maximum absolute atomic E-state index is 4.89.